The van der Waals surface area contributed by atoms with Crippen LogP contribution < -0.4 is 0 Å². The average molecular weight is 290 g/mol. The van der Waals surface area contributed by atoms with Gasteiger partial charge in [-0.2, -0.15) is 0 Å². The van der Waals surface area contributed by atoms with E-state index in [-0.39, 0.29) is 17.9 Å². The van der Waals surface area contributed by atoms with Gasteiger partial charge >= 0.3 is 0 Å². The molecule has 0 bridgehead atoms. The van der Waals surface area contributed by atoms with Crippen LogP contribution in [-0.4, -0.2) is 35.0 Å². The first-order valence-corrected chi connectivity index (χ1v) is 8.00. The first kappa shape index (κ1) is 16.0. The molecule has 1 amide bonds. The Morgan fingerprint density at radius 3 is 3.05 bits per heavy atom. The molecule has 0 spiro atoms. The summed E-state index contributed by atoms with van der Waals surface area (Å²) < 4.78 is 5.70. The molecular weight excluding hydrogens is 264 g/mol. The highest BCUT2D eigenvalue weighted by Gasteiger charge is 2.25. The maximum Gasteiger partial charge on any atom is 0.225 e. The van der Waals surface area contributed by atoms with Crippen LogP contribution in [-0.2, 0) is 16.1 Å². The Morgan fingerprint density at radius 1 is 1.57 bits per heavy atom. The van der Waals surface area contributed by atoms with Crippen LogP contribution in [0, 0.1) is 5.92 Å². The third-order valence-corrected chi connectivity index (χ3v) is 4.00. The fourth-order valence-corrected chi connectivity index (χ4v) is 2.85. The molecule has 2 atom stereocenters. The van der Waals surface area contributed by atoms with Crippen LogP contribution in [0.5, 0.6) is 0 Å². The smallest absolute Gasteiger partial charge is 0.225 e. The lowest BCUT2D eigenvalue weighted by atomic mass is 10.0. The Morgan fingerprint density at radius 2 is 2.43 bits per heavy atom. The van der Waals surface area contributed by atoms with Gasteiger partial charge in [-0.3, -0.25) is 9.78 Å². The third kappa shape index (κ3) is 4.81. The molecule has 1 saturated heterocycles. The van der Waals surface area contributed by atoms with Gasteiger partial charge in [0.1, 0.15) is 0 Å². The molecule has 0 aromatic carbocycles. The highest BCUT2D eigenvalue weighted by molar-refractivity contribution is 5.78. The van der Waals surface area contributed by atoms with Gasteiger partial charge in [-0.25, -0.2) is 0 Å². The number of ether oxygens (including phenoxy) is 1. The fraction of sp³-hybridized carbons (Fsp3) is 0.647. The number of pyridine rings is 1. The summed E-state index contributed by atoms with van der Waals surface area (Å²) in [5.41, 5.74) is 1.08. The van der Waals surface area contributed by atoms with Crippen molar-refractivity contribution < 1.29 is 9.53 Å². The zero-order chi connectivity index (χ0) is 15.1. The number of aromatic nitrogens is 1. The summed E-state index contributed by atoms with van der Waals surface area (Å²) in [5.74, 6) is 0.310. The molecule has 1 aliphatic rings. The molecule has 1 aromatic rings. The quantitative estimate of drug-likeness (QED) is 0.775. The predicted molar refractivity (Wildman–Crippen MR) is 82.7 cm³/mol. The van der Waals surface area contributed by atoms with Crippen LogP contribution in [0.15, 0.2) is 24.5 Å². The molecule has 1 aliphatic heterocycles. The van der Waals surface area contributed by atoms with Crippen LogP contribution in [0.1, 0.15) is 45.1 Å². The zero-order valence-corrected chi connectivity index (χ0v) is 13.1. The topological polar surface area (TPSA) is 42.4 Å². The molecule has 4 nitrogen and oxygen atoms in total. The monoisotopic (exact) mass is 290 g/mol. The second-order valence-electron chi connectivity index (χ2n) is 5.90. The maximum absolute atomic E-state index is 12.7. The molecule has 0 N–H and O–H groups in total. The maximum atomic E-state index is 12.7. The van der Waals surface area contributed by atoms with Crippen LogP contribution >= 0.6 is 0 Å². The van der Waals surface area contributed by atoms with E-state index in [0.29, 0.717) is 13.1 Å². The first-order valence-electron chi connectivity index (χ1n) is 8.00. The van der Waals surface area contributed by atoms with Crippen molar-refractivity contribution in [1.29, 1.82) is 0 Å². The summed E-state index contributed by atoms with van der Waals surface area (Å²) in [6.45, 7) is 6.29. The summed E-state index contributed by atoms with van der Waals surface area (Å²) in [7, 11) is 0. The molecule has 0 saturated carbocycles. The fourth-order valence-electron chi connectivity index (χ4n) is 2.85. The molecule has 4 heteroatoms. The molecule has 116 valence electrons. The standard InChI is InChI=1S/C17H26N2O2/c1-3-6-14(2)17(20)19(13-16-8-5-10-21-16)12-15-7-4-9-18-11-15/h4,7,9,11,14,16H,3,5-6,8,10,12-13H2,1-2H3. The minimum Gasteiger partial charge on any atom is -0.376 e. The van der Waals surface area contributed by atoms with Crippen LogP contribution in [0.4, 0.5) is 0 Å². The van der Waals surface area contributed by atoms with Crippen molar-refractivity contribution in [2.24, 2.45) is 5.92 Å². The largest absolute Gasteiger partial charge is 0.376 e. The molecule has 2 heterocycles. The molecule has 1 aromatic heterocycles. The van der Waals surface area contributed by atoms with E-state index in [1.54, 1.807) is 6.20 Å². The average Bonchev–Trinajstić information content (AvgIpc) is 3.00. The molecule has 0 radical (unpaired) electrons. The second-order valence-corrected chi connectivity index (χ2v) is 5.90. The highest BCUT2D eigenvalue weighted by Crippen LogP contribution is 2.18. The van der Waals surface area contributed by atoms with Crippen LogP contribution in [0.25, 0.3) is 0 Å². The molecule has 1 fully saturated rings. The Kier molecular flexibility index (Phi) is 6.18. The summed E-state index contributed by atoms with van der Waals surface area (Å²) in [5, 5.41) is 0. The van der Waals surface area contributed by atoms with E-state index >= 15 is 0 Å². The third-order valence-electron chi connectivity index (χ3n) is 4.00. The van der Waals surface area contributed by atoms with Crippen LogP contribution in [0.2, 0.25) is 0 Å². The minimum atomic E-state index is 0.0769. The minimum absolute atomic E-state index is 0.0769. The van der Waals surface area contributed by atoms with Crippen molar-refractivity contribution in [3.63, 3.8) is 0 Å². The number of hydrogen-bond acceptors (Lipinski definition) is 3. The molecule has 2 unspecified atom stereocenters. The number of rotatable bonds is 7. The van der Waals surface area contributed by atoms with Crippen LogP contribution in [0.3, 0.4) is 0 Å². The van der Waals surface area contributed by atoms with Crippen molar-refractivity contribution in [3.8, 4) is 0 Å². The first-order chi connectivity index (χ1) is 10.2. The van der Waals surface area contributed by atoms with Crippen molar-refractivity contribution in [1.82, 2.24) is 9.88 Å². The number of nitrogens with zero attached hydrogens (tertiary/aromatic N) is 2. The SMILES string of the molecule is CCCC(C)C(=O)N(Cc1cccnc1)CC1CCCO1. The number of carbonyl (C=O) groups excluding carboxylic acids is 1. The Balaban J connectivity index is 2.03. The van der Waals surface area contributed by atoms with Gasteiger partial charge in [-0.1, -0.05) is 26.3 Å². The highest BCUT2D eigenvalue weighted by atomic mass is 16.5. The molecule has 0 aliphatic carbocycles. The number of carbonyl (C=O) groups is 1. The summed E-state index contributed by atoms with van der Waals surface area (Å²) in [6, 6.07) is 3.94. The summed E-state index contributed by atoms with van der Waals surface area (Å²) in [6.07, 6.45) is 7.92. The summed E-state index contributed by atoms with van der Waals surface area (Å²) in [4.78, 5) is 18.8. The van der Waals surface area contributed by atoms with E-state index in [4.69, 9.17) is 4.74 Å². The van der Waals surface area contributed by atoms with E-state index in [1.165, 1.54) is 0 Å². The predicted octanol–water partition coefficient (Wildman–Crippen LogP) is 3.03. The van der Waals surface area contributed by atoms with Gasteiger partial charge in [0.05, 0.1) is 6.10 Å². The Bertz CT molecular complexity index is 430. The molecule has 2 rings (SSSR count). The lowest BCUT2D eigenvalue weighted by molar-refractivity contribution is -0.137. The lowest BCUT2D eigenvalue weighted by Crippen LogP contribution is -2.39. The van der Waals surface area contributed by atoms with Gasteiger partial charge in [0.25, 0.3) is 0 Å². The van der Waals surface area contributed by atoms with Gasteiger partial charge in [0.2, 0.25) is 5.91 Å². The van der Waals surface area contributed by atoms with Gasteiger partial charge < -0.3 is 9.64 Å². The van der Waals surface area contributed by atoms with Crippen molar-refractivity contribution >= 4 is 5.91 Å². The van der Waals surface area contributed by atoms with Gasteiger partial charge in [-0.05, 0) is 30.9 Å². The Hall–Kier alpha value is -1.42. The Labute approximate surface area is 127 Å². The van der Waals surface area contributed by atoms with Crippen molar-refractivity contribution in [2.45, 2.75) is 52.2 Å². The van der Waals surface area contributed by atoms with Gasteiger partial charge in [0.15, 0.2) is 0 Å². The number of hydrogen-bond donors (Lipinski definition) is 0. The number of amides is 1. The molecular formula is C17H26N2O2. The normalized spacial score (nSPS) is 19.4. The van der Waals surface area contributed by atoms with E-state index < -0.39 is 0 Å². The van der Waals surface area contributed by atoms with Crippen molar-refractivity contribution in [3.05, 3.63) is 30.1 Å². The van der Waals surface area contributed by atoms with Crippen molar-refractivity contribution in [2.75, 3.05) is 13.2 Å². The summed E-state index contributed by atoms with van der Waals surface area (Å²) >= 11 is 0. The second kappa shape index (κ2) is 8.13. The zero-order valence-electron chi connectivity index (χ0n) is 13.1. The lowest BCUT2D eigenvalue weighted by Gasteiger charge is -2.28. The van der Waals surface area contributed by atoms with E-state index in [0.717, 1.165) is 37.9 Å². The van der Waals surface area contributed by atoms with Gasteiger partial charge in [0, 0.05) is 38.0 Å². The van der Waals surface area contributed by atoms with Gasteiger partial charge in [-0.15, -0.1) is 0 Å². The van der Waals surface area contributed by atoms with E-state index in [9.17, 15) is 4.79 Å². The van der Waals surface area contributed by atoms with E-state index in [1.807, 2.05) is 30.2 Å². The molecule has 21 heavy (non-hydrogen) atoms. The van der Waals surface area contributed by atoms with E-state index in [2.05, 4.69) is 11.9 Å².